The van der Waals surface area contributed by atoms with Crippen LogP contribution in [0.4, 0.5) is 0 Å². The molecule has 0 amide bonds. The van der Waals surface area contributed by atoms with E-state index in [1.807, 2.05) is 30.3 Å². The van der Waals surface area contributed by atoms with E-state index < -0.39 is 0 Å². The second kappa shape index (κ2) is 10.5. The van der Waals surface area contributed by atoms with Crippen molar-refractivity contribution in [3.05, 3.63) is 41.6 Å². The van der Waals surface area contributed by atoms with Crippen molar-refractivity contribution < 1.29 is 46.5 Å². The van der Waals surface area contributed by atoms with Crippen LogP contribution < -0.4 is 24.8 Å². The summed E-state index contributed by atoms with van der Waals surface area (Å²) in [6.45, 7) is 0.390. The van der Waals surface area contributed by atoms with E-state index in [9.17, 15) is 0 Å². The van der Waals surface area contributed by atoms with Gasteiger partial charge in [-0.1, -0.05) is 35.9 Å². The van der Waals surface area contributed by atoms with Crippen LogP contribution in [-0.2, 0) is 28.3 Å². The smallest absolute Gasteiger partial charge is 1.00 e. The molecule has 0 heterocycles. The fourth-order valence-electron chi connectivity index (χ4n) is 0.596. The first-order chi connectivity index (χ1) is 3.93. The van der Waals surface area contributed by atoms with Crippen molar-refractivity contribution in [1.29, 1.82) is 0 Å². The zero-order chi connectivity index (χ0) is 5.82. The molecule has 11 heavy (non-hydrogen) atoms. The first-order valence-corrected chi connectivity index (χ1v) is 2.62. The largest absolute Gasteiger partial charge is 3.00 e. The molecule has 1 N–H and O–H groups in total. The van der Waals surface area contributed by atoms with E-state index in [-0.39, 0.29) is 46.5 Å². The van der Waals surface area contributed by atoms with Gasteiger partial charge < -0.3 is 30.5 Å². The summed E-state index contributed by atoms with van der Waals surface area (Å²) in [5.41, 5.74) is 8.02. The van der Waals surface area contributed by atoms with Gasteiger partial charge in [0.1, 0.15) is 0 Å². The van der Waals surface area contributed by atoms with Crippen LogP contribution in [0.25, 0.3) is 5.73 Å². The Labute approximate surface area is 94.4 Å². The third kappa shape index (κ3) is 6.86. The SMILES string of the molecule is [Cl-].[Cl-].[NH-]Cc1ccccc1.[Ti+3]. The second-order valence-corrected chi connectivity index (χ2v) is 1.66. The Morgan fingerprint density at radius 1 is 1.00 bits per heavy atom. The number of rotatable bonds is 1. The van der Waals surface area contributed by atoms with Gasteiger partial charge in [0.05, 0.1) is 0 Å². The molecular formula is C7H8Cl2NTi. The van der Waals surface area contributed by atoms with Gasteiger partial charge in [-0.25, -0.2) is 0 Å². The zero-order valence-corrected chi connectivity index (χ0v) is 8.92. The normalized spacial score (nSPS) is 6.64. The molecule has 1 nitrogen and oxygen atoms in total. The third-order valence-corrected chi connectivity index (χ3v) is 1.05. The molecule has 0 aliphatic carbocycles. The predicted molar refractivity (Wildman–Crippen MR) is 34.5 cm³/mol. The molecule has 0 saturated heterocycles. The van der Waals surface area contributed by atoms with E-state index >= 15 is 0 Å². The predicted octanol–water partition coefficient (Wildman–Crippen LogP) is -3.76. The average Bonchev–Trinajstić information content (AvgIpc) is 1.90. The van der Waals surface area contributed by atoms with Crippen LogP contribution in [0.15, 0.2) is 30.3 Å². The summed E-state index contributed by atoms with van der Waals surface area (Å²) in [6, 6.07) is 9.76. The van der Waals surface area contributed by atoms with E-state index in [1.54, 1.807) is 0 Å². The van der Waals surface area contributed by atoms with Gasteiger partial charge in [0.15, 0.2) is 0 Å². The molecule has 1 rings (SSSR count). The summed E-state index contributed by atoms with van der Waals surface area (Å²) in [5, 5.41) is 0. The summed E-state index contributed by atoms with van der Waals surface area (Å²) >= 11 is 0. The standard InChI is InChI=1S/C7H8N.2ClH.Ti/c8-6-7-4-2-1-3-5-7;;;/h1-5,8H,6H2;2*1H;/q-1;;;+3/p-2. The molecule has 1 radical (unpaired) electrons. The van der Waals surface area contributed by atoms with Crippen molar-refractivity contribution in [2.75, 3.05) is 0 Å². The van der Waals surface area contributed by atoms with Gasteiger partial charge in [-0.3, -0.25) is 0 Å². The maximum absolute atomic E-state index is 6.94. The Bertz CT molecular complexity index is 158. The van der Waals surface area contributed by atoms with Gasteiger partial charge in [0.25, 0.3) is 0 Å². The van der Waals surface area contributed by atoms with Crippen LogP contribution in [0, 0.1) is 0 Å². The van der Waals surface area contributed by atoms with Gasteiger partial charge in [-0.2, -0.15) is 0 Å². The van der Waals surface area contributed by atoms with Crippen LogP contribution >= 0.6 is 0 Å². The quantitative estimate of drug-likeness (QED) is 0.438. The number of hydrogen-bond acceptors (Lipinski definition) is 0. The molecule has 0 bridgehead atoms. The van der Waals surface area contributed by atoms with Crippen LogP contribution in [-0.4, -0.2) is 0 Å². The van der Waals surface area contributed by atoms with Gasteiger partial charge in [0, 0.05) is 0 Å². The molecule has 1 aromatic rings. The van der Waals surface area contributed by atoms with E-state index in [0.717, 1.165) is 5.56 Å². The molecule has 59 valence electrons. The Balaban J connectivity index is -0.000000213. The van der Waals surface area contributed by atoms with E-state index in [0.29, 0.717) is 6.54 Å². The van der Waals surface area contributed by atoms with Crippen LogP contribution in [0.5, 0.6) is 0 Å². The molecule has 0 aliphatic rings. The summed E-state index contributed by atoms with van der Waals surface area (Å²) in [4.78, 5) is 0. The minimum Gasteiger partial charge on any atom is -1.00 e. The average molecular weight is 225 g/mol. The van der Waals surface area contributed by atoms with Gasteiger partial charge in [-0.15, -0.1) is 6.54 Å². The van der Waals surface area contributed by atoms with Crippen molar-refractivity contribution in [3.8, 4) is 0 Å². The van der Waals surface area contributed by atoms with Crippen molar-refractivity contribution >= 4 is 0 Å². The summed E-state index contributed by atoms with van der Waals surface area (Å²) in [7, 11) is 0. The van der Waals surface area contributed by atoms with Crippen molar-refractivity contribution in [1.82, 2.24) is 0 Å². The molecule has 0 aliphatic heterocycles. The van der Waals surface area contributed by atoms with E-state index in [1.165, 1.54) is 0 Å². The van der Waals surface area contributed by atoms with Gasteiger partial charge >= 0.3 is 21.7 Å². The Hall–Kier alpha value is 0.474. The number of benzene rings is 1. The molecule has 0 aromatic heterocycles. The molecule has 4 heteroatoms. The van der Waals surface area contributed by atoms with E-state index in [4.69, 9.17) is 5.73 Å². The minimum atomic E-state index is 0. The number of hydrogen-bond donors (Lipinski definition) is 0. The number of halogens is 2. The Kier molecular flexibility index (Phi) is 16.7. The fraction of sp³-hybridized carbons (Fsp3) is 0.143. The zero-order valence-electron chi connectivity index (χ0n) is 5.85. The van der Waals surface area contributed by atoms with Crippen LogP contribution in [0.1, 0.15) is 5.56 Å². The van der Waals surface area contributed by atoms with Gasteiger partial charge in [-0.05, 0) is 0 Å². The summed E-state index contributed by atoms with van der Waals surface area (Å²) in [6.07, 6.45) is 0. The molecular weight excluding hydrogens is 217 g/mol. The van der Waals surface area contributed by atoms with Crippen LogP contribution in [0.2, 0.25) is 0 Å². The van der Waals surface area contributed by atoms with Crippen molar-refractivity contribution in [3.63, 3.8) is 0 Å². The summed E-state index contributed by atoms with van der Waals surface area (Å²) in [5.74, 6) is 0. The second-order valence-electron chi connectivity index (χ2n) is 1.66. The topological polar surface area (TPSA) is 23.8 Å². The van der Waals surface area contributed by atoms with E-state index in [2.05, 4.69) is 0 Å². The molecule has 0 unspecified atom stereocenters. The van der Waals surface area contributed by atoms with Crippen molar-refractivity contribution in [2.45, 2.75) is 6.54 Å². The molecule has 0 fully saturated rings. The monoisotopic (exact) mass is 224 g/mol. The van der Waals surface area contributed by atoms with Crippen molar-refractivity contribution in [2.24, 2.45) is 0 Å². The third-order valence-electron chi connectivity index (χ3n) is 1.05. The molecule has 0 saturated carbocycles. The maximum atomic E-state index is 6.94. The first kappa shape index (κ1) is 17.5. The Morgan fingerprint density at radius 3 is 1.73 bits per heavy atom. The van der Waals surface area contributed by atoms with Crippen LogP contribution in [0.3, 0.4) is 0 Å². The Morgan fingerprint density at radius 2 is 1.45 bits per heavy atom. The minimum absolute atomic E-state index is 0. The first-order valence-electron chi connectivity index (χ1n) is 2.62. The molecule has 0 atom stereocenters. The molecule has 0 spiro atoms. The fourth-order valence-corrected chi connectivity index (χ4v) is 0.596. The molecule has 1 aromatic carbocycles. The number of nitrogens with one attached hydrogen (secondary N) is 1. The van der Waals surface area contributed by atoms with Gasteiger partial charge in [0.2, 0.25) is 0 Å². The summed E-state index contributed by atoms with van der Waals surface area (Å²) < 4.78 is 0. The maximum Gasteiger partial charge on any atom is 3.00 e.